The van der Waals surface area contributed by atoms with Crippen LogP contribution >= 0.6 is 0 Å². The van der Waals surface area contributed by atoms with Crippen molar-refractivity contribution in [1.29, 1.82) is 0 Å². The van der Waals surface area contributed by atoms with Crippen LogP contribution in [0.2, 0.25) is 0 Å². The highest BCUT2D eigenvalue weighted by molar-refractivity contribution is 5.35. The minimum Gasteiger partial charge on any atom is -0.363 e. The van der Waals surface area contributed by atoms with E-state index in [-0.39, 0.29) is 6.04 Å². The summed E-state index contributed by atoms with van der Waals surface area (Å²) in [6, 6.07) is 2.44. The van der Waals surface area contributed by atoms with Gasteiger partial charge in [-0.3, -0.25) is 0 Å². The molecule has 82 valence electrons. The Labute approximate surface area is 83.9 Å². The molecule has 1 aliphatic rings. The quantitative estimate of drug-likeness (QED) is 0.773. The number of nitrogens with zero attached hydrogens (tertiary/aromatic N) is 2. The molecular formula is C8H9F3N4. The lowest BCUT2D eigenvalue weighted by atomic mass is 10.2. The first kappa shape index (κ1) is 10.2. The van der Waals surface area contributed by atoms with E-state index in [1.54, 1.807) is 0 Å². The van der Waals surface area contributed by atoms with E-state index in [9.17, 15) is 13.2 Å². The number of hydrogen-bond acceptors (Lipinski definition) is 4. The summed E-state index contributed by atoms with van der Waals surface area (Å²) in [6.07, 6.45) is -4.43. The molecule has 1 aliphatic heterocycles. The Kier molecular flexibility index (Phi) is 2.47. The van der Waals surface area contributed by atoms with E-state index in [1.807, 2.05) is 0 Å². The average Bonchev–Trinajstić information content (AvgIpc) is 2.11. The molecule has 2 heterocycles. The van der Waals surface area contributed by atoms with Crippen LogP contribution in [0.15, 0.2) is 12.1 Å². The van der Waals surface area contributed by atoms with Gasteiger partial charge in [0.15, 0.2) is 5.69 Å². The van der Waals surface area contributed by atoms with Crippen molar-refractivity contribution in [3.05, 3.63) is 17.8 Å². The van der Waals surface area contributed by atoms with Gasteiger partial charge in [0.05, 0.1) is 6.04 Å². The summed E-state index contributed by atoms with van der Waals surface area (Å²) in [4.78, 5) is 0. The summed E-state index contributed by atoms with van der Waals surface area (Å²) in [6.45, 7) is 1.59. The fourth-order valence-corrected chi connectivity index (χ4v) is 1.16. The highest BCUT2D eigenvalue weighted by Crippen LogP contribution is 2.27. The maximum atomic E-state index is 12.1. The van der Waals surface area contributed by atoms with Crippen LogP contribution < -0.4 is 10.6 Å². The molecule has 0 unspecified atom stereocenters. The molecule has 0 atom stereocenters. The van der Waals surface area contributed by atoms with Gasteiger partial charge < -0.3 is 10.6 Å². The third-order valence-electron chi connectivity index (χ3n) is 2.09. The van der Waals surface area contributed by atoms with Crippen molar-refractivity contribution >= 4 is 5.82 Å². The molecule has 0 aromatic carbocycles. The fraction of sp³-hybridized carbons (Fsp3) is 0.500. The Hall–Kier alpha value is -1.37. The van der Waals surface area contributed by atoms with Crippen LogP contribution in [0.25, 0.3) is 0 Å². The molecule has 4 nitrogen and oxygen atoms in total. The fourth-order valence-electron chi connectivity index (χ4n) is 1.16. The van der Waals surface area contributed by atoms with E-state index < -0.39 is 11.9 Å². The number of hydrogen-bond donors (Lipinski definition) is 2. The Morgan fingerprint density at radius 2 is 2.00 bits per heavy atom. The standard InChI is InChI=1S/C8H9F3N4/c9-8(10,11)6-1-2-7(15-14-6)13-5-3-12-4-5/h1-2,5,12H,3-4H2,(H,13,15). The molecule has 2 rings (SSSR count). The molecule has 0 amide bonds. The second-order valence-corrected chi connectivity index (χ2v) is 3.30. The smallest absolute Gasteiger partial charge is 0.363 e. The van der Waals surface area contributed by atoms with Crippen molar-refractivity contribution in [3.63, 3.8) is 0 Å². The normalized spacial score (nSPS) is 17.3. The average molecular weight is 218 g/mol. The maximum absolute atomic E-state index is 12.1. The van der Waals surface area contributed by atoms with Gasteiger partial charge in [-0.05, 0) is 12.1 Å². The summed E-state index contributed by atoms with van der Waals surface area (Å²) < 4.78 is 36.4. The number of aromatic nitrogens is 2. The van der Waals surface area contributed by atoms with E-state index in [0.717, 1.165) is 19.2 Å². The Morgan fingerprint density at radius 1 is 1.27 bits per heavy atom. The lowest BCUT2D eigenvalue weighted by Gasteiger charge is -2.28. The molecule has 0 bridgehead atoms. The molecule has 0 radical (unpaired) electrons. The highest BCUT2D eigenvalue weighted by atomic mass is 19.4. The maximum Gasteiger partial charge on any atom is 0.435 e. The van der Waals surface area contributed by atoms with E-state index >= 15 is 0 Å². The van der Waals surface area contributed by atoms with Gasteiger partial charge in [-0.2, -0.15) is 13.2 Å². The van der Waals surface area contributed by atoms with Crippen LogP contribution in [0.5, 0.6) is 0 Å². The molecule has 0 saturated carbocycles. The lowest BCUT2D eigenvalue weighted by molar-refractivity contribution is -0.141. The number of halogens is 3. The van der Waals surface area contributed by atoms with E-state index in [1.165, 1.54) is 6.07 Å². The summed E-state index contributed by atoms with van der Waals surface area (Å²) in [5.41, 5.74) is -0.972. The van der Waals surface area contributed by atoms with Gasteiger partial charge in [-0.1, -0.05) is 0 Å². The number of anilines is 1. The van der Waals surface area contributed by atoms with Crippen LogP contribution in [0.1, 0.15) is 5.69 Å². The summed E-state index contributed by atoms with van der Waals surface area (Å²) in [5, 5.41) is 12.5. The highest BCUT2D eigenvalue weighted by Gasteiger charge is 2.33. The first-order chi connectivity index (χ1) is 7.05. The van der Waals surface area contributed by atoms with Crippen LogP contribution in [-0.2, 0) is 6.18 Å². The van der Waals surface area contributed by atoms with Gasteiger partial charge in [-0.25, -0.2) is 0 Å². The van der Waals surface area contributed by atoms with Gasteiger partial charge in [0.1, 0.15) is 5.82 Å². The monoisotopic (exact) mass is 218 g/mol. The van der Waals surface area contributed by atoms with Crippen LogP contribution in [0.3, 0.4) is 0 Å². The molecule has 2 N–H and O–H groups in total. The molecule has 0 spiro atoms. The molecule has 0 aliphatic carbocycles. The molecule has 1 aromatic rings. The minimum atomic E-state index is -4.43. The van der Waals surface area contributed by atoms with Gasteiger partial charge in [0, 0.05) is 13.1 Å². The van der Waals surface area contributed by atoms with Crippen molar-refractivity contribution in [2.45, 2.75) is 12.2 Å². The Bertz CT molecular complexity index is 331. The second kappa shape index (κ2) is 3.65. The minimum absolute atomic E-state index is 0.232. The van der Waals surface area contributed by atoms with E-state index in [4.69, 9.17) is 0 Å². The first-order valence-corrected chi connectivity index (χ1v) is 4.44. The van der Waals surface area contributed by atoms with E-state index in [0.29, 0.717) is 5.82 Å². The number of rotatable bonds is 2. The topological polar surface area (TPSA) is 49.8 Å². The summed E-state index contributed by atoms with van der Waals surface area (Å²) in [7, 11) is 0. The largest absolute Gasteiger partial charge is 0.435 e. The van der Waals surface area contributed by atoms with Gasteiger partial charge in [-0.15, -0.1) is 10.2 Å². The van der Waals surface area contributed by atoms with Crippen LogP contribution in [0, 0.1) is 0 Å². The molecule has 1 aromatic heterocycles. The lowest BCUT2D eigenvalue weighted by Crippen LogP contribution is -2.51. The Morgan fingerprint density at radius 3 is 2.40 bits per heavy atom. The SMILES string of the molecule is FC(F)(F)c1ccc(NC2CNC2)nn1. The zero-order valence-corrected chi connectivity index (χ0v) is 7.67. The second-order valence-electron chi connectivity index (χ2n) is 3.30. The molecule has 1 fully saturated rings. The van der Waals surface area contributed by atoms with Crippen molar-refractivity contribution in [2.24, 2.45) is 0 Å². The van der Waals surface area contributed by atoms with Crippen molar-refractivity contribution in [3.8, 4) is 0 Å². The van der Waals surface area contributed by atoms with Crippen molar-refractivity contribution < 1.29 is 13.2 Å². The van der Waals surface area contributed by atoms with Crippen LogP contribution in [-0.4, -0.2) is 29.3 Å². The number of nitrogens with one attached hydrogen (secondary N) is 2. The zero-order valence-electron chi connectivity index (χ0n) is 7.67. The third-order valence-corrected chi connectivity index (χ3v) is 2.09. The van der Waals surface area contributed by atoms with Gasteiger partial charge in [0.2, 0.25) is 0 Å². The van der Waals surface area contributed by atoms with Crippen molar-refractivity contribution in [1.82, 2.24) is 15.5 Å². The predicted octanol–water partition coefficient (Wildman–Crippen LogP) is 0.879. The van der Waals surface area contributed by atoms with Crippen molar-refractivity contribution in [2.75, 3.05) is 18.4 Å². The zero-order chi connectivity index (χ0) is 10.9. The van der Waals surface area contributed by atoms with Gasteiger partial charge in [0.25, 0.3) is 0 Å². The third kappa shape index (κ3) is 2.35. The Balaban J connectivity index is 2.03. The van der Waals surface area contributed by atoms with Crippen LogP contribution in [0.4, 0.5) is 19.0 Å². The summed E-state index contributed by atoms with van der Waals surface area (Å²) >= 11 is 0. The first-order valence-electron chi connectivity index (χ1n) is 4.44. The van der Waals surface area contributed by atoms with E-state index in [2.05, 4.69) is 20.8 Å². The van der Waals surface area contributed by atoms with Gasteiger partial charge >= 0.3 is 6.18 Å². The number of alkyl halides is 3. The molecule has 15 heavy (non-hydrogen) atoms. The molecule has 7 heteroatoms. The predicted molar refractivity (Wildman–Crippen MR) is 47.3 cm³/mol. The molecule has 1 saturated heterocycles. The summed E-state index contributed by atoms with van der Waals surface area (Å²) in [5.74, 6) is 0.370. The molecular weight excluding hydrogens is 209 g/mol.